The number of likely N-dealkylation sites (tertiary alicyclic amines) is 1. The first-order chi connectivity index (χ1) is 12.2. The summed E-state index contributed by atoms with van der Waals surface area (Å²) in [7, 11) is 0. The minimum absolute atomic E-state index is 0.137. The number of carbonyl (C=O) groups is 2. The lowest BCUT2D eigenvalue weighted by Crippen LogP contribution is -2.30. The van der Waals surface area contributed by atoms with Gasteiger partial charge in [0, 0.05) is 43.5 Å². The van der Waals surface area contributed by atoms with Crippen molar-refractivity contribution in [1.82, 2.24) is 10.2 Å². The van der Waals surface area contributed by atoms with Crippen molar-refractivity contribution in [3.05, 3.63) is 71.8 Å². The van der Waals surface area contributed by atoms with E-state index in [0.29, 0.717) is 26.1 Å². The van der Waals surface area contributed by atoms with E-state index in [2.05, 4.69) is 17.2 Å². The zero-order valence-corrected chi connectivity index (χ0v) is 13.9. The van der Waals surface area contributed by atoms with E-state index in [1.54, 1.807) is 0 Å². The SMILES string of the molecule is O=C(C#Cc1ccccc1)NCC1CC(=O)N(Cc2ccccc2)C1. The summed E-state index contributed by atoms with van der Waals surface area (Å²) in [5, 5.41) is 2.81. The van der Waals surface area contributed by atoms with E-state index >= 15 is 0 Å². The highest BCUT2D eigenvalue weighted by Crippen LogP contribution is 2.19. The van der Waals surface area contributed by atoms with E-state index < -0.39 is 0 Å². The summed E-state index contributed by atoms with van der Waals surface area (Å²) in [4.78, 5) is 25.8. The van der Waals surface area contributed by atoms with Crippen molar-refractivity contribution in [2.75, 3.05) is 13.1 Å². The second kappa shape index (κ2) is 8.16. The Hall–Kier alpha value is -3.06. The summed E-state index contributed by atoms with van der Waals surface area (Å²) in [5.74, 6) is 5.38. The number of hydrogen-bond donors (Lipinski definition) is 1. The molecule has 4 heteroatoms. The summed E-state index contributed by atoms with van der Waals surface area (Å²) in [5.41, 5.74) is 1.93. The Labute approximate surface area is 147 Å². The average Bonchev–Trinajstić information content (AvgIpc) is 2.99. The molecule has 3 rings (SSSR count). The van der Waals surface area contributed by atoms with Gasteiger partial charge in [0.15, 0.2) is 0 Å². The highest BCUT2D eigenvalue weighted by Gasteiger charge is 2.29. The van der Waals surface area contributed by atoms with Gasteiger partial charge in [0.25, 0.3) is 5.91 Å². The minimum atomic E-state index is -0.308. The third-order valence-corrected chi connectivity index (χ3v) is 4.16. The van der Waals surface area contributed by atoms with Crippen molar-refractivity contribution >= 4 is 11.8 Å². The van der Waals surface area contributed by atoms with E-state index in [4.69, 9.17) is 0 Å². The fourth-order valence-electron chi connectivity index (χ4n) is 2.88. The maximum absolute atomic E-state index is 12.1. The monoisotopic (exact) mass is 332 g/mol. The van der Waals surface area contributed by atoms with Crippen LogP contribution in [0.2, 0.25) is 0 Å². The van der Waals surface area contributed by atoms with Gasteiger partial charge in [-0.05, 0) is 17.7 Å². The molecule has 1 aliphatic rings. The number of carbonyl (C=O) groups excluding carboxylic acids is 2. The molecule has 2 amide bonds. The Morgan fingerprint density at radius 3 is 2.48 bits per heavy atom. The van der Waals surface area contributed by atoms with Gasteiger partial charge in [0.1, 0.15) is 0 Å². The molecular weight excluding hydrogens is 312 g/mol. The van der Waals surface area contributed by atoms with Gasteiger partial charge in [-0.1, -0.05) is 54.5 Å². The summed E-state index contributed by atoms with van der Waals surface area (Å²) in [6.07, 6.45) is 0.471. The van der Waals surface area contributed by atoms with Crippen LogP contribution in [0.3, 0.4) is 0 Å². The largest absolute Gasteiger partial charge is 0.345 e. The Morgan fingerprint density at radius 1 is 1.08 bits per heavy atom. The zero-order chi connectivity index (χ0) is 17.5. The van der Waals surface area contributed by atoms with Crippen LogP contribution in [-0.2, 0) is 16.1 Å². The number of amides is 2. The third-order valence-electron chi connectivity index (χ3n) is 4.16. The molecule has 1 fully saturated rings. The maximum atomic E-state index is 12.1. The average molecular weight is 332 g/mol. The first kappa shape index (κ1) is 16.8. The Morgan fingerprint density at radius 2 is 1.76 bits per heavy atom. The van der Waals surface area contributed by atoms with Crippen LogP contribution in [0.1, 0.15) is 17.5 Å². The molecule has 0 radical (unpaired) electrons. The van der Waals surface area contributed by atoms with E-state index in [1.807, 2.05) is 65.6 Å². The lowest BCUT2D eigenvalue weighted by Gasteiger charge is -2.16. The van der Waals surface area contributed by atoms with Crippen LogP contribution in [0.5, 0.6) is 0 Å². The number of rotatable bonds is 4. The van der Waals surface area contributed by atoms with E-state index in [9.17, 15) is 9.59 Å². The molecule has 0 spiro atoms. The van der Waals surface area contributed by atoms with Gasteiger partial charge in [0.05, 0.1) is 0 Å². The second-order valence-corrected chi connectivity index (χ2v) is 6.16. The molecule has 1 heterocycles. The van der Waals surface area contributed by atoms with Gasteiger partial charge in [-0.25, -0.2) is 0 Å². The summed E-state index contributed by atoms with van der Waals surface area (Å²) < 4.78 is 0. The molecule has 0 aliphatic carbocycles. The van der Waals surface area contributed by atoms with Crippen molar-refractivity contribution in [2.24, 2.45) is 5.92 Å². The number of nitrogens with one attached hydrogen (secondary N) is 1. The Kier molecular flexibility index (Phi) is 5.48. The van der Waals surface area contributed by atoms with Gasteiger partial charge in [0.2, 0.25) is 5.91 Å². The number of nitrogens with zero attached hydrogens (tertiary/aromatic N) is 1. The molecule has 0 aromatic heterocycles. The van der Waals surface area contributed by atoms with Crippen molar-refractivity contribution in [1.29, 1.82) is 0 Å². The fraction of sp³-hybridized carbons (Fsp3) is 0.238. The first-order valence-corrected chi connectivity index (χ1v) is 8.37. The second-order valence-electron chi connectivity index (χ2n) is 6.16. The molecule has 4 nitrogen and oxygen atoms in total. The lowest BCUT2D eigenvalue weighted by molar-refractivity contribution is -0.128. The molecule has 1 N–H and O–H groups in total. The fourth-order valence-corrected chi connectivity index (χ4v) is 2.88. The van der Waals surface area contributed by atoms with Crippen molar-refractivity contribution in [3.63, 3.8) is 0 Å². The van der Waals surface area contributed by atoms with Crippen molar-refractivity contribution < 1.29 is 9.59 Å². The van der Waals surface area contributed by atoms with Gasteiger partial charge in [-0.15, -0.1) is 0 Å². The molecule has 2 aromatic rings. The Bertz CT molecular complexity index is 791. The highest BCUT2D eigenvalue weighted by atomic mass is 16.2. The van der Waals surface area contributed by atoms with E-state index in [1.165, 1.54) is 0 Å². The molecule has 0 saturated carbocycles. The van der Waals surface area contributed by atoms with Crippen molar-refractivity contribution in [2.45, 2.75) is 13.0 Å². The molecule has 1 aliphatic heterocycles. The van der Waals surface area contributed by atoms with Gasteiger partial charge in [-0.2, -0.15) is 0 Å². The predicted octanol–water partition coefficient (Wildman–Crippen LogP) is 2.20. The summed E-state index contributed by atoms with van der Waals surface area (Å²) in [6.45, 7) is 1.76. The molecular formula is C21H20N2O2. The van der Waals surface area contributed by atoms with Crippen molar-refractivity contribution in [3.8, 4) is 11.8 Å². The summed E-state index contributed by atoms with van der Waals surface area (Å²) in [6, 6.07) is 19.3. The summed E-state index contributed by atoms with van der Waals surface area (Å²) >= 11 is 0. The zero-order valence-electron chi connectivity index (χ0n) is 13.9. The molecule has 1 atom stereocenters. The minimum Gasteiger partial charge on any atom is -0.345 e. The normalized spacial score (nSPS) is 16.2. The van der Waals surface area contributed by atoms with Crippen LogP contribution in [0, 0.1) is 17.8 Å². The molecule has 25 heavy (non-hydrogen) atoms. The topological polar surface area (TPSA) is 49.4 Å². The van der Waals surface area contributed by atoms with E-state index in [-0.39, 0.29) is 17.7 Å². The highest BCUT2D eigenvalue weighted by molar-refractivity contribution is 5.94. The first-order valence-electron chi connectivity index (χ1n) is 8.37. The van der Waals surface area contributed by atoms with Crippen LogP contribution in [0.15, 0.2) is 60.7 Å². The standard InChI is InChI=1S/C21H20N2O2/c24-20(12-11-17-7-3-1-4-8-17)22-14-19-13-21(25)23(16-19)15-18-9-5-2-6-10-18/h1-10,19H,13-16H2,(H,22,24). The number of benzene rings is 2. The quantitative estimate of drug-likeness (QED) is 0.873. The molecule has 0 bridgehead atoms. The van der Waals surface area contributed by atoms with Crippen LogP contribution in [0.25, 0.3) is 0 Å². The van der Waals surface area contributed by atoms with Crippen LogP contribution >= 0.6 is 0 Å². The predicted molar refractivity (Wildman–Crippen MR) is 96.3 cm³/mol. The van der Waals surface area contributed by atoms with Crippen LogP contribution in [0.4, 0.5) is 0 Å². The smallest absolute Gasteiger partial charge is 0.296 e. The maximum Gasteiger partial charge on any atom is 0.296 e. The molecule has 1 unspecified atom stereocenters. The van der Waals surface area contributed by atoms with Crippen LogP contribution < -0.4 is 5.32 Å². The Balaban J connectivity index is 1.47. The van der Waals surface area contributed by atoms with Crippen LogP contribution in [-0.4, -0.2) is 29.8 Å². The third kappa shape index (κ3) is 4.95. The lowest BCUT2D eigenvalue weighted by atomic mass is 10.1. The molecule has 126 valence electrons. The van der Waals surface area contributed by atoms with Gasteiger partial charge >= 0.3 is 0 Å². The molecule has 1 saturated heterocycles. The van der Waals surface area contributed by atoms with E-state index in [0.717, 1.165) is 11.1 Å². The van der Waals surface area contributed by atoms with Gasteiger partial charge < -0.3 is 10.2 Å². The van der Waals surface area contributed by atoms with Gasteiger partial charge in [-0.3, -0.25) is 9.59 Å². The number of hydrogen-bond acceptors (Lipinski definition) is 2. The molecule has 2 aromatic carbocycles.